The fourth-order valence-electron chi connectivity index (χ4n) is 1.53. The van der Waals surface area contributed by atoms with Gasteiger partial charge in [-0.15, -0.1) is 0 Å². The van der Waals surface area contributed by atoms with Crippen LogP contribution in [0.15, 0.2) is 22.7 Å². The topological polar surface area (TPSA) is 47.6 Å². The lowest BCUT2D eigenvalue weighted by Crippen LogP contribution is -2.29. The summed E-state index contributed by atoms with van der Waals surface area (Å²) in [6.45, 7) is 1.10. The van der Waals surface area contributed by atoms with Crippen LogP contribution in [0.1, 0.15) is 15.9 Å². The van der Waals surface area contributed by atoms with Crippen molar-refractivity contribution in [2.24, 2.45) is 0 Å². The molecule has 0 aliphatic carbocycles. The molecule has 0 aliphatic heterocycles. The van der Waals surface area contributed by atoms with E-state index in [0.717, 1.165) is 12.1 Å². The van der Waals surface area contributed by atoms with E-state index in [-0.39, 0.29) is 17.6 Å². The molecule has 0 atom stereocenters. The maximum absolute atomic E-state index is 12.9. The first-order chi connectivity index (χ1) is 9.86. The van der Waals surface area contributed by atoms with Gasteiger partial charge in [-0.1, -0.05) is 15.9 Å². The third-order valence-electron chi connectivity index (χ3n) is 2.50. The molecule has 0 heterocycles. The molecule has 4 nitrogen and oxygen atoms in total. The van der Waals surface area contributed by atoms with Gasteiger partial charge >= 0.3 is 6.18 Å². The quantitative estimate of drug-likeness (QED) is 0.751. The molecule has 1 rings (SSSR count). The second kappa shape index (κ2) is 8.35. The number of carbonyl (C=O) groups excluding carboxylic acids is 1. The Bertz CT molecular complexity index is 480. The molecule has 21 heavy (non-hydrogen) atoms. The minimum absolute atomic E-state index is 0.121. The first kappa shape index (κ1) is 17.9. The van der Waals surface area contributed by atoms with E-state index in [2.05, 4.69) is 21.2 Å². The predicted molar refractivity (Wildman–Crippen MR) is 74.2 cm³/mol. The summed E-state index contributed by atoms with van der Waals surface area (Å²) in [4.78, 5) is 11.8. The molecule has 0 saturated carbocycles. The van der Waals surface area contributed by atoms with E-state index in [0.29, 0.717) is 13.2 Å². The van der Waals surface area contributed by atoms with E-state index in [4.69, 9.17) is 9.47 Å². The van der Waals surface area contributed by atoms with Crippen LogP contribution in [-0.4, -0.2) is 39.4 Å². The number of ether oxygens (including phenoxy) is 2. The van der Waals surface area contributed by atoms with Gasteiger partial charge in [0.05, 0.1) is 30.9 Å². The Morgan fingerprint density at radius 2 is 2.00 bits per heavy atom. The zero-order valence-corrected chi connectivity index (χ0v) is 12.9. The minimum Gasteiger partial charge on any atom is -0.382 e. The van der Waals surface area contributed by atoms with Crippen LogP contribution in [0.3, 0.4) is 0 Å². The molecule has 0 aromatic heterocycles. The monoisotopic (exact) mass is 369 g/mol. The first-order valence-electron chi connectivity index (χ1n) is 6.08. The number of rotatable bonds is 7. The lowest BCUT2D eigenvalue weighted by atomic mass is 10.1. The molecule has 1 aromatic carbocycles. The highest BCUT2D eigenvalue weighted by Crippen LogP contribution is 2.33. The van der Waals surface area contributed by atoms with Gasteiger partial charge in [-0.3, -0.25) is 4.79 Å². The van der Waals surface area contributed by atoms with Gasteiger partial charge in [-0.05, 0) is 18.2 Å². The van der Waals surface area contributed by atoms with E-state index in [1.807, 2.05) is 0 Å². The van der Waals surface area contributed by atoms with E-state index < -0.39 is 23.2 Å². The molecule has 0 fully saturated rings. The van der Waals surface area contributed by atoms with Crippen LogP contribution >= 0.6 is 15.9 Å². The third-order valence-corrected chi connectivity index (χ3v) is 2.99. The molecule has 1 aromatic rings. The van der Waals surface area contributed by atoms with Gasteiger partial charge in [0.15, 0.2) is 0 Å². The van der Waals surface area contributed by atoms with E-state index in [1.165, 1.54) is 13.2 Å². The highest BCUT2D eigenvalue weighted by Gasteiger charge is 2.35. The molecule has 0 radical (unpaired) electrons. The zero-order valence-electron chi connectivity index (χ0n) is 11.3. The van der Waals surface area contributed by atoms with Crippen molar-refractivity contribution in [3.05, 3.63) is 33.8 Å². The van der Waals surface area contributed by atoms with Crippen LogP contribution in [0.4, 0.5) is 13.2 Å². The summed E-state index contributed by atoms with van der Waals surface area (Å²) in [5.74, 6) is -0.787. The van der Waals surface area contributed by atoms with Crippen molar-refractivity contribution in [2.45, 2.75) is 6.18 Å². The maximum atomic E-state index is 12.9. The average molecular weight is 370 g/mol. The highest BCUT2D eigenvalue weighted by molar-refractivity contribution is 9.10. The summed E-state index contributed by atoms with van der Waals surface area (Å²) in [6, 6.07) is 3.40. The molecule has 0 saturated heterocycles. The maximum Gasteiger partial charge on any atom is 0.417 e. The number of nitrogens with one attached hydrogen (secondary N) is 1. The van der Waals surface area contributed by atoms with Crippen LogP contribution in [0.25, 0.3) is 0 Å². The summed E-state index contributed by atoms with van der Waals surface area (Å²) in [6.07, 6.45) is -4.59. The Kier molecular flexibility index (Phi) is 7.13. The molecule has 0 spiro atoms. The second-order valence-electron chi connectivity index (χ2n) is 4.05. The fourth-order valence-corrected chi connectivity index (χ4v) is 1.89. The molecule has 8 heteroatoms. The molecule has 0 aliphatic rings. The van der Waals surface area contributed by atoms with E-state index in [1.54, 1.807) is 0 Å². The lowest BCUT2D eigenvalue weighted by Gasteiger charge is -2.13. The lowest BCUT2D eigenvalue weighted by molar-refractivity contribution is -0.138. The molecule has 0 bridgehead atoms. The third kappa shape index (κ3) is 6.03. The van der Waals surface area contributed by atoms with Crippen LogP contribution < -0.4 is 5.32 Å². The first-order valence-corrected chi connectivity index (χ1v) is 6.87. The largest absolute Gasteiger partial charge is 0.417 e. The number of benzene rings is 1. The smallest absolute Gasteiger partial charge is 0.382 e. The number of halogens is 4. The highest BCUT2D eigenvalue weighted by atomic mass is 79.9. The predicted octanol–water partition coefficient (Wildman–Crippen LogP) is 2.86. The normalized spacial score (nSPS) is 11.5. The Morgan fingerprint density at radius 3 is 2.62 bits per heavy atom. The van der Waals surface area contributed by atoms with Gasteiger partial charge in [-0.25, -0.2) is 0 Å². The summed E-state index contributed by atoms with van der Waals surface area (Å²) < 4.78 is 48.8. The van der Waals surface area contributed by atoms with Crippen molar-refractivity contribution in [3.63, 3.8) is 0 Å². The Hall–Kier alpha value is -1.12. The fraction of sp³-hybridized carbons (Fsp3) is 0.462. The van der Waals surface area contributed by atoms with Crippen molar-refractivity contribution in [3.8, 4) is 0 Å². The number of hydrogen-bond acceptors (Lipinski definition) is 3. The van der Waals surface area contributed by atoms with Gasteiger partial charge in [0.2, 0.25) is 0 Å². The molecule has 118 valence electrons. The van der Waals surface area contributed by atoms with Crippen molar-refractivity contribution >= 4 is 21.8 Å². The standard InChI is InChI=1S/C13H15BrF3NO3/c1-20-6-7-21-5-4-18-12(19)10-3-2-9(14)8-11(10)13(15,16)17/h2-3,8H,4-7H2,1H3,(H,18,19). The summed E-state index contributed by atoms with van der Waals surface area (Å²) in [5.41, 5.74) is -1.39. The number of hydrogen-bond donors (Lipinski definition) is 1. The van der Waals surface area contributed by atoms with Crippen LogP contribution in [-0.2, 0) is 15.7 Å². The summed E-state index contributed by atoms with van der Waals surface area (Å²) >= 11 is 2.96. The summed E-state index contributed by atoms with van der Waals surface area (Å²) in [7, 11) is 1.53. The second-order valence-corrected chi connectivity index (χ2v) is 4.96. The van der Waals surface area contributed by atoms with Crippen LogP contribution in [0.5, 0.6) is 0 Å². The average Bonchev–Trinajstić information content (AvgIpc) is 2.41. The van der Waals surface area contributed by atoms with Gasteiger partial charge in [0.1, 0.15) is 0 Å². The zero-order chi connectivity index (χ0) is 15.9. The van der Waals surface area contributed by atoms with Crippen molar-refractivity contribution < 1.29 is 27.4 Å². The number of alkyl halides is 3. The Balaban J connectivity index is 2.62. The molecule has 1 amide bonds. The van der Waals surface area contributed by atoms with Crippen molar-refractivity contribution in [2.75, 3.05) is 33.5 Å². The van der Waals surface area contributed by atoms with Crippen LogP contribution in [0, 0.1) is 0 Å². The SMILES string of the molecule is COCCOCCNC(=O)c1ccc(Br)cc1C(F)(F)F. The molecular weight excluding hydrogens is 355 g/mol. The Morgan fingerprint density at radius 1 is 1.29 bits per heavy atom. The van der Waals surface area contributed by atoms with E-state index in [9.17, 15) is 18.0 Å². The number of carbonyl (C=O) groups is 1. The van der Waals surface area contributed by atoms with Gasteiger partial charge in [0.25, 0.3) is 5.91 Å². The van der Waals surface area contributed by atoms with Crippen LogP contribution in [0.2, 0.25) is 0 Å². The van der Waals surface area contributed by atoms with Gasteiger partial charge in [0, 0.05) is 18.1 Å². The minimum atomic E-state index is -4.59. The Labute approximate surface area is 128 Å². The van der Waals surface area contributed by atoms with Gasteiger partial charge in [-0.2, -0.15) is 13.2 Å². The van der Waals surface area contributed by atoms with Crippen molar-refractivity contribution in [1.29, 1.82) is 0 Å². The molecule has 0 unspecified atom stereocenters. The van der Waals surface area contributed by atoms with Gasteiger partial charge < -0.3 is 14.8 Å². The molecule has 1 N–H and O–H groups in total. The number of amides is 1. The molecular formula is C13H15BrF3NO3. The van der Waals surface area contributed by atoms with E-state index >= 15 is 0 Å². The van der Waals surface area contributed by atoms with Crippen molar-refractivity contribution in [1.82, 2.24) is 5.32 Å². The number of methoxy groups -OCH3 is 1. The summed E-state index contributed by atoms with van der Waals surface area (Å²) in [5, 5.41) is 2.39.